The fraction of sp³-hybridized carbons (Fsp3) is 0.143. The van der Waals surface area contributed by atoms with E-state index >= 15 is 0 Å². The average Bonchev–Trinajstić information content (AvgIpc) is 3.22. The van der Waals surface area contributed by atoms with Crippen molar-refractivity contribution in [2.45, 2.75) is 0 Å². The zero-order valence-electron chi connectivity index (χ0n) is 9.34. The molecule has 1 fully saturated rings. The molecule has 0 bridgehead atoms. The van der Waals surface area contributed by atoms with E-state index in [1.54, 1.807) is 12.1 Å². The third-order valence-corrected chi connectivity index (χ3v) is 2.30. The summed E-state index contributed by atoms with van der Waals surface area (Å²) < 4.78 is 4.50. The van der Waals surface area contributed by atoms with E-state index < -0.39 is 0 Å². The van der Waals surface area contributed by atoms with Crippen molar-refractivity contribution in [1.82, 2.24) is 0 Å². The van der Waals surface area contributed by atoms with E-state index in [2.05, 4.69) is 4.74 Å². The molecule has 17 heavy (non-hydrogen) atoms. The van der Waals surface area contributed by atoms with Crippen LogP contribution in [0.2, 0.25) is 0 Å². The molecule has 0 spiro atoms. The fourth-order valence-corrected chi connectivity index (χ4v) is 1.38. The van der Waals surface area contributed by atoms with E-state index in [9.17, 15) is 10.2 Å². The lowest BCUT2D eigenvalue weighted by Gasteiger charge is -2.05. The molecule has 3 rings (SSSR count). The van der Waals surface area contributed by atoms with Crippen molar-refractivity contribution in [2.24, 2.45) is 0 Å². The first-order valence-electron chi connectivity index (χ1n) is 5.43. The summed E-state index contributed by atoms with van der Waals surface area (Å²) in [7, 11) is 0. The summed E-state index contributed by atoms with van der Waals surface area (Å²) in [5.74, 6) is -0.162. The van der Waals surface area contributed by atoms with Gasteiger partial charge >= 0.3 is 0 Å². The topological polar surface area (TPSA) is 53.0 Å². The number of epoxide rings is 1. The lowest BCUT2D eigenvalue weighted by atomic mass is 10.0. The fourth-order valence-electron chi connectivity index (χ4n) is 1.38. The Hall–Kier alpha value is -2.00. The molecule has 0 radical (unpaired) electrons. The first kappa shape index (κ1) is 11.5. The van der Waals surface area contributed by atoms with E-state index in [1.807, 2.05) is 30.3 Å². The molecule has 0 atom stereocenters. The summed E-state index contributed by atoms with van der Waals surface area (Å²) in [6.45, 7) is 2.00. The van der Waals surface area contributed by atoms with E-state index in [1.165, 1.54) is 6.07 Å². The zero-order valence-corrected chi connectivity index (χ0v) is 9.34. The molecule has 0 aliphatic carbocycles. The Labute approximate surface area is 99.9 Å². The molecule has 1 saturated heterocycles. The second-order valence-electron chi connectivity index (χ2n) is 3.65. The lowest BCUT2D eigenvalue weighted by molar-refractivity contribution is 0.405. The molecule has 0 amide bonds. The van der Waals surface area contributed by atoms with Crippen LogP contribution < -0.4 is 0 Å². The van der Waals surface area contributed by atoms with Gasteiger partial charge in [0.1, 0.15) is 0 Å². The second kappa shape index (κ2) is 5.37. The number of phenolic OH excluding ortho intramolecular Hbond substituents is 2. The number of benzene rings is 2. The Balaban J connectivity index is 0.000000313. The van der Waals surface area contributed by atoms with Gasteiger partial charge in [-0.05, 0) is 11.6 Å². The largest absolute Gasteiger partial charge is 0.504 e. The highest BCUT2D eigenvalue weighted by atomic mass is 16.6. The number of aromatic hydroxyl groups is 2. The number of phenols is 2. The van der Waals surface area contributed by atoms with Gasteiger partial charge in [-0.15, -0.1) is 0 Å². The van der Waals surface area contributed by atoms with Gasteiger partial charge < -0.3 is 14.9 Å². The van der Waals surface area contributed by atoms with Crippen molar-refractivity contribution < 1.29 is 14.9 Å². The first-order chi connectivity index (χ1) is 8.29. The van der Waals surface area contributed by atoms with Crippen molar-refractivity contribution >= 4 is 0 Å². The van der Waals surface area contributed by atoms with Gasteiger partial charge in [0, 0.05) is 5.56 Å². The van der Waals surface area contributed by atoms with Gasteiger partial charge in [-0.3, -0.25) is 0 Å². The average molecular weight is 230 g/mol. The maximum atomic E-state index is 9.60. The van der Waals surface area contributed by atoms with Gasteiger partial charge in [0.2, 0.25) is 0 Å². The van der Waals surface area contributed by atoms with Crippen molar-refractivity contribution in [3.05, 3.63) is 48.5 Å². The maximum absolute atomic E-state index is 9.60. The normalized spacial score (nSPS) is 12.5. The quantitative estimate of drug-likeness (QED) is 0.585. The molecule has 2 N–H and O–H groups in total. The van der Waals surface area contributed by atoms with Crippen LogP contribution in [0.25, 0.3) is 11.1 Å². The molecule has 1 aliphatic rings. The van der Waals surface area contributed by atoms with E-state index in [0.717, 1.165) is 18.8 Å². The SMILES string of the molecule is C1CO1.Oc1cccc(-c2ccccc2)c1O. The number of ether oxygens (including phenoxy) is 1. The third kappa shape index (κ3) is 3.23. The van der Waals surface area contributed by atoms with Crippen LogP contribution in [0.4, 0.5) is 0 Å². The zero-order chi connectivity index (χ0) is 12.1. The van der Waals surface area contributed by atoms with E-state index in [4.69, 9.17) is 0 Å². The van der Waals surface area contributed by atoms with Crippen LogP contribution in [0.15, 0.2) is 48.5 Å². The summed E-state index contributed by atoms with van der Waals surface area (Å²) >= 11 is 0. The van der Waals surface area contributed by atoms with Crippen LogP contribution in [0.1, 0.15) is 0 Å². The monoisotopic (exact) mass is 230 g/mol. The summed E-state index contributed by atoms with van der Waals surface area (Å²) in [6.07, 6.45) is 0. The highest BCUT2D eigenvalue weighted by Gasteiger charge is 2.06. The predicted octanol–water partition coefficient (Wildman–Crippen LogP) is 2.78. The van der Waals surface area contributed by atoms with Crippen LogP contribution in [-0.4, -0.2) is 23.4 Å². The van der Waals surface area contributed by atoms with Gasteiger partial charge in [0.25, 0.3) is 0 Å². The molecule has 3 nitrogen and oxygen atoms in total. The Morgan fingerprint density at radius 3 is 2.06 bits per heavy atom. The number of rotatable bonds is 1. The molecule has 1 aliphatic heterocycles. The summed E-state index contributed by atoms with van der Waals surface area (Å²) in [6, 6.07) is 14.4. The molecule has 0 unspecified atom stereocenters. The number of hydrogen-bond acceptors (Lipinski definition) is 3. The van der Waals surface area contributed by atoms with Crippen LogP contribution >= 0.6 is 0 Å². The Morgan fingerprint density at radius 1 is 0.824 bits per heavy atom. The van der Waals surface area contributed by atoms with Gasteiger partial charge in [0.15, 0.2) is 11.5 Å². The standard InChI is InChI=1S/C12H10O2.C2H4O/c13-11-8-4-7-10(12(11)14)9-5-2-1-3-6-9;1-2-3-1/h1-8,13-14H;1-2H2. The van der Waals surface area contributed by atoms with Crippen molar-refractivity contribution in [3.63, 3.8) is 0 Å². The van der Waals surface area contributed by atoms with Gasteiger partial charge in [-0.25, -0.2) is 0 Å². The molecule has 2 aromatic rings. The highest BCUT2D eigenvalue weighted by molar-refractivity contribution is 5.72. The number of para-hydroxylation sites is 1. The van der Waals surface area contributed by atoms with Crippen LogP contribution in [0.5, 0.6) is 11.5 Å². The number of hydrogen-bond donors (Lipinski definition) is 2. The minimum atomic E-state index is -0.0913. The summed E-state index contributed by atoms with van der Waals surface area (Å²) in [5, 5.41) is 18.9. The molecule has 0 aromatic heterocycles. The van der Waals surface area contributed by atoms with Crippen molar-refractivity contribution in [2.75, 3.05) is 13.2 Å². The molecule has 3 heteroatoms. The van der Waals surface area contributed by atoms with Gasteiger partial charge in [-0.2, -0.15) is 0 Å². The molecular weight excluding hydrogens is 216 g/mol. The van der Waals surface area contributed by atoms with Crippen molar-refractivity contribution in [3.8, 4) is 22.6 Å². The molecular formula is C14H14O3. The van der Waals surface area contributed by atoms with Gasteiger partial charge in [0.05, 0.1) is 13.2 Å². The predicted molar refractivity (Wildman–Crippen MR) is 66.0 cm³/mol. The van der Waals surface area contributed by atoms with Crippen LogP contribution in [0.3, 0.4) is 0 Å². The van der Waals surface area contributed by atoms with E-state index in [0.29, 0.717) is 5.56 Å². The van der Waals surface area contributed by atoms with Crippen molar-refractivity contribution in [1.29, 1.82) is 0 Å². The lowest BCUT2D eigenvalue weighted by Crippen LogP contribution is -1.78. The third-order valence-electron chi connectivity index (χ3n) is 2.30. The smallest absolute Gasteiger partial charge is 0.165 e. The first-order valence-corrected chi connectivity index (χ1v) is 5.43. The molecule has 0 saturated carbocycles. The second-order valence-corrected chi connectivity index (χ2v) is 3.65. The molecule has 88 valence electrons. The summed E-state index contributed by atoms with van der Waals surface area (Å²) in [5.41, 5.74) is 1.53. The minimum Gasteiger partial charge on any atom is -0.504 e. The Kier molecular flexibility index (Phi) is 3.62. The van der Waals surface area contributed by atoms with Crippen LogP contribution in [-0.2, 0) is 4.74 Å². The Morgan fingerprint density at radius 2 is 1.47 bits per heavy atom. The van der Waals surface area contributed by atoms with Crippen LogP contribution in [0, 0.1) is 0 Å². The molecule has 2 aromatic carbocycles. The van der Waals surface area contributed by atoms with Gasteiger partial charge in [-0.1, -0.05) is 42.5 Å². The highest BCUT2D eigenvalue weighted by Crippen LogP contribution is 2.35. The minimum absolute atomic E-state index is 0.0706. The molecule has 1 heterocycles. The Bertz CT molecular complexity index is 475. The maximum Gasteiger partial charge on any atom is 0.165 e. The van der Waals surface area contributed by atoms with E-state index in [-0.39, 0.29) is 11.5 Å². The summed E-state index contributed by atoms with van der Waals surface area (Å²) in [4.78, 5) is 0.